The van der Waals surface area contributed by atoms with Gasteiger partial charge in [0.05, 0.1) is 0 Å². The lowest BCUT2D eigenvalue weighted by molar-refractivity contribution is -0.124. The van der Waals surface area contributed by atoms with Gasteiger partial charge in [-0.1, -0.05) is 24.3 Å². The minimum Gasteiger partial charge on any atom is -0.368 e. The van der Waals surface area contributed by atoms with Crippen LogP contribution in [0.5, 0.6) is 0 Å². The van der Waals surface area contributed by atoms with E-state index in [1.54, 1.807) is 26.0 Å². The van der Waals surface area contributed by atoms with Crippen LogP contribution < -0.4 is 16.0 Å². The molecule has 1 unspecified atom stereocenters. The molecule has 0 saturated carbocycles. The average molecular weight is 438 g/mol. The summed E-state index contributed by atoms with van der Waals surface area (Å²) in [6.45, 7) is 1.78. The molecule has 1 atom stereocenters. The van der Waals surface area contributed by atoms with Gasteiger partial charge in [0.2, 0.25) is 0 Å². The van der Waals surface area contributed by atoms with Crippen LogP contribution in [0.15, 0.2) is 53.5 Å². The first-order valence-electron chi connectivity index (χ1n) is 10.7. The average Bonchev–Trinajstić information content (AvgIpc) is 3.34. The van der Waals surface area contributed by atoms with Gasteiger partial charge in [0, 0.05) is 52.1 Å². The summed E-state index contributed by atoms with van der Waals surface area (Å²) < 4.78 is 5.44. The highest BCUT2D eigenvalue weighted by atomic mass is 16.5. The summed E-state index contributed by atoms with van der Waals surface area (Å²) >= 11 is 0. The molecule has 1 heterocycles. The summed E-state index contributed by atoms with van der Waals surface area (Å²) in [4.78, 5) is 30.1. The van der Waals surface area contributed by atoms with Crippen molar-refractivity contribution in [3.63, 3.8) is 0 Å². The number of nitrogens with zero attached hydrogens (tertiary/aromatic N) is 2. The molecule has 1 saturated heterocycles. The van der Waals surface area contributed by atoms with Crippen LogP contribution in [0.2, 0.25) is 0 Å². The molecule has 0 spiro atoms. The predicted octanol–water partition coefficient (Wildman–Crippen LogP) is 2.37. The zero-order valence-electron chi connectivity index (χ0n) is 18.9. The second-order valence-electron chi connectivity index (χ2n) is 7.87. The molecule has 170 valence electrons. The molecule has 0 aliphatic carbocycles. The van der Waals surface area contributed by atoms with Crippen LogP contribution in [0.4, 0.5) is 5.69 Å². The Morgan fingerprint density at radius 3 is 2.41 bits per heavy atom. The lowest BCUT2D eigenvalue weighted by Crippen LogP contribution is -2.36. The highest BCUT2D eigenvalue weighted by Crippen LogP contribution is 2.16. The number of ether oxygens (including phenoxy) is 1. The highest BCUT2D eigenvalue weighted by molar-refractivity contribution is 5.94. The third-order valence-corrected chi connectivity index (χ3v) is 5.17. The molecule has 1 aliphatic rings. The molecule has 8 heteroatoms. The Bertz CT molecular complexity index is 950. The van der Waals surface area contributed by atoms with E-state index in [2.05, 4.69) is 20.9 Å². The summed E-state index contributed by atoms with van der Waals surface area (Å²) in [5, 5.41) is 9.47. The lowest BCUT2D eigenvalue weighted by atomic mass is 10.1. The van der Waals surface area contributed by atoms with E-state index < -0.39 is 0 Å². The molecule has 0 aromatic heterocycles. The van der Waals surface area contributed by atoms with Crippen molar-refractivity contribution in [2.24, 2.45) is 4.99 Å². The van der Waals surface area contributed by atoms with E-state index in [-0.39, 0.29) is 17.9 Å². The fourth-order valence-electron chi connectivity index (χ4n) is 3.38. The molecule has 32 heavy (non-hydrogen) atoms. The van der Waals surface area contributed by atoms with Crippen molar-refractivity contribution in [1.29, 1.82) is 0 Å². The maximum atomic E-state index is 12.2. The van der Waals surface area contributed by atoms with Gasteiger partial charge in [0.25, 0.3) is 11.8 Å². The fourth-order valence-corrected chi connectivity index (χ4v) is 3.38. The maximum Gasteiger partial charge on any atom is 0.253 e. The SMILES string of the molecule is CN=C(NCc1ccc(C(=O)N(C)C)cc1)NCc1cccc(NC(=O)C2CCCO2)c1. The number of rotatable bonds is 7. The van der Waals surface area contributed by atoms with Crippen LogP contribution in [0, 0.1) is 0 Å². The Hall–Kier alpha value is -3.39. The normalized spacial score (nSPS) is 15.8. The van der Waals surface area contributed by atoms with Gasteiger partial charge in [-0.15, -0.1) is 0 Å². The topological polar surface area (TPSA) is 95.1 Å². The van der Waals surface area contributed by atoms with Crippen LogP contribution in [0.3, 0.4) is 0 Å². The zero-order valence-corrected chi connectivity index (χ0v) is 18.9. The van der Waals surface area contributed by atoms with Crippen LogP contribution in [-0.2, 0) is 22.6 Å². The molecule has 3 N–H and O–H groups in total. The number of carbonyl (C=O) groups is 2. The number of anilines is 1. The summed E-state index contributed by atoms with van der Waals surface area (Å²) in [6.07, 6.45) is 1.34. The number of aliphatic imine (C=N–C) groups is 1. The van der Waals surface area contributed by atoms with Gasteiger partial charge in [0.1, 0.15) is 6.10 Å². The molecule has 2 amide bonds. The second kappa shape index (κ2) is 11.3. The molecule has 1 aliphatic heterocycles. The molecule has 3 rings (SSSR count). The Kier molecular flexibility index (Phi) is 8.21. The van der Waals surface area contributed by atoms with E-state index in [9.17, 15) is 9.59 Å². The van der Waals surface area contributed by atoms with Gasteiger partial charge < -0.3 is 25.6 Å². The molecule has 0 radical (unpaired) electrons. The quantitative estimate of drug-likeness (QED) is 0.457. The number of guanidine groups is 1. The van der Waals surface area contributed by atoms with Crippen molar-refractivity contribution in [2.45, 2.75) is 32.0 Å². The number of hydrogen-bond acceptors (Lipinski definition) is 4. The van der Waals surface area contributed by atoms with E-state index in [1.807, 2.05) is 48.5 Å². The van der Waals surface area contributed by atoms with Crippen LogP contribution in [-0.4, -0.2) is 56.5 Å². The van der Waals surface area contributed by atoms with Crippen molar-refractivity contribution >= 4 is 23.5 Å². The smallest absolute Gasteiger partial charge is 0.253 e. The number of nitrogens with one attached hydrogen (secondary N) is 3. The molecule has 2 aromatic carbocycles. The molecule has 1 fully saturated rings. The van der Waals surface area contributed by atoms with Gasteiger partial charge >= 0.3 is 0 Å². The summed E-state index contributed by atoms with van der Waals surface area (Å²) in [7, 11) is 5.19. The first kappa shape index (κ1) is 23.3. The van der Waals surface area contributed by atoms with E-state index in [4.69, 9.17) is 4.74 Å². The fraction of sp³-hybridized carbons (Fsp3) is 0.375. The second-order valence-corrected chi connectivity index (χ2v) is 7.87. The van der Waals surface area contributed by atoms with Crippen molar-refractivity contribution in [2.75, 3.05) is 33.1 Å². The largest absolute Gasteiger partial charge is 0.368 e. The standard InChI is InChI=1S/C24H31N5O3/c1-25-24(26-15-17-9-11-19(12-10-17)23(31)29(2)3)27-16-18-6-4-7-20(14-18)28-22(30)21-8-5-13-32-21/h4,6-7,9-12,14,21H,5,8,13,15-16H2,1-3H3,(H,28,30)(H2,25,26,27). The van der Waals surface area contributed by atoms with Gasteiger partial charge in [-0.25, -0.2) is 0 Å². The minimum absolute atomic E-state index is 0.0174. The van der Waals surface area contributed by atoms with E-state index in [1.165, 1.54) is 0 Å². The van der Waals surface area contributed by atoms with Crippen molar-refractivity contribution in [3.8, 4) is 0 Å². The summed E-state index contributed by atoms with van der Waals surface area (Å²) in [5.74, 6) is 0.548. The molecular weight excluding hydrogens is 406 g/mol. The minimum atomic E-state index is -0.352. The van der Waals surface area contributed by atoms with Crippen LogP contribution in [0.1, 0.15) is 34.3 Å². The predicted molar refractivity (Wildman–Crippen MR) is 126 cm³/mol. The Morgan fingerprint density at radius 2 is 1.78 bits per heavy atom. The molecule has 2 aromatic rings. The number of hydrogen-bond donors (Lipinski definition) is 3. The maximum absolute atomic E-state index is 12.2. The number of carbonyl (C=O) groups excluding carboxylic acids is 2. The van der Waals surface area contributed by atoms with Crippen molar-refractivity contribution < 1.29 is 14.3 Å². The molecule has 8 nitrogen and oxygen atoms in total. The van der Waals surface area contributed by atoms with Gasteiger partial charge in [-0.3, -0.25) is 14.6 Å². The summed E-state index contributed by atoms with van der Waals surface area (Å²) in [6, 6.07) is 15.2. The van der Waals surface area contributed by atoms with Crippen molar-refractivity contribution in [1.82, 2.24) is 15.5 Å². The monoisotopic (exact) mass is 437 g/mol. The Morgan fingerprint density at radius 1 is 1.06 bits per heavy atom. The first-order chi connectivity index (χ1) is 15.5. The van der Waals surface area contributed by atoms with Gasteiger partial charge in [-0.2, -0.15) is 0 Å². The Balaban J connectivity index is 1.49. The van der Waals surface area contributed by atoms with Crippen molar-refractivity contribution in [3.05, 3.63) is 65.2 Å². The Labute approximate surface area is 189 Å². The third-order valence-electron chi connectivity index (χ3n) is 5.17. The lowest BCUT2D eigenvalue weighted by Gasteiger charge is -2.14. The highest BCUT2D eigenvalue weighted by Gasteiger charge is 2.23. The van der Waals surface area contributed by atoms with E-state index in [0.717, 1.165) is 29.7 Å². The van der Waals surface area contributed by atoms with E-state index >= 15 is 0 Å². The first-order valence-corrected chi connectivity index (χ1v) is 10.7. The van der Waals surface area contributed by atoms with Gasteiger partial charge in [0.15, 0.2) is 5.96 Å². The zero-order chi connectivity index (χ0) is 22.9. The van der Waals surface area contributed by atoms with Gasteiger partial charge in [-0.05, 0) is 48.2 Å². The number of benzene rings is 2. The third kappa shape index (κ3) is 6.55. The molecule has 0 bridgehead atoms. The number of amides is 2. The van der Waals surface area contributed by atoms with Crippen LogP contribution in [0.25, 0.3) is 0 Å². The molecular formula is C24H31N5O3. The summed E-state index contributed by atoms with van der Waals surface area (Å²) in [5.41, 5.74) is 3.47. The van der Waals surface area contributed by atoms with E-state index in [0.29, 0.717) is 31.2 Å². The van der Waals surface area contributed by atoms with Crippen LogP contribution >= 0.6 is 0 Å².